The fourth-order valence-electron chi connectivity index (χ4n) is 2.06. The van der Waals surface area contributed by atoms with Gasteiger partial charge in [-0.15, -0.1) is 11.8 Å². The third-order valence-electron chi connectivity index (χ3n) is 3.25. The number of nitrogens with one attached hydrogen (secondary N) is 1. The molecule has 0 saturated carbocycles. The van der Waals surface area contributed by atoms with E-state index >= 15 is 0 Å². The number of hydrogen-bond acceptors (Lipinski definition) is 4. The van der Waals surface area contributed by atoms with Gasteiger partial charge < -0.3 is 5.32 Å². The maximum absolute atomic E-state index is 13.8. The van der Waals surface area contributed by atoms with Crippen molar-refractivity contribution < 1.29 is 8.78 Å². The predicted octanol–water partition coefficient (Wildman–Crippen LogP) is 4.89. The number of thioether (sulfide) groups is 1. The van der Waals surface area contributed by atoms with Crippen LogP contribution >= 0.6 is 11.8 Å². The molecule has 3 rings (SSSR count). The van der Waals surface area contributed by atoms with E-state index in [-0.39, 0.29) is 5.56 Å². The highest BCUT2D eigenvalue weighted by Crippen LogP contribution is 2.25. The Hall–Kier alpha value is -2.47. The van der Waals surface area contributed by atoms with Crippen molar-refractivity contribution in [2.24, 2.45) is 0 Å². The molecule has 3 aromatic rings. The molecule has 116 valence electrons. The zero-order valence-electron chi connectivity index (χ0n) is 12.3. The molecular formula is C17H13F2N3S. The van der Waals surface area contributed by atoms with E-state index in [0.717, 1.165) is 11.0 Å². The summed E-state index contributed by atoms with van der Waals surface area (Å²) in [6.07, 6.45) is 5.25. The van der Waals surface area contributed by atoms with Gasteiger partial charge in [0.25, 0.3) is 0 Å². The predicted molar refractivity (Wildman–Crippen MR) is 88.9 cm³/mol. The molecule has 1 N–H and O–H groups in total. The quantitative estimate of drug-likeness (QED) is 0.692. The van der Waals surface area contributed by atoms with E-state index in [4.69, 9.17) is 0 Å². The van der Waals surface area contributed by atoms with Gasteiger partial charge in [0.15, 0.2) is 11.6 Å². The van der Waals surface area contributed by atoms with Gasteiger partial charge in [-0.05, 0) is 36.6 Å². The highest BCUT2D eigenvalue weighted by molar-refractivity contribution is 7.98. The summed E-state index contributed by atoms with van der Waals surface area (Å²) in [6.45, 7) is 0. The van der Waals surface area contributed by atoms with Crippen molar-refractivity contribution >= 4 is 23.4 Å². The first-order valence-electron chi connectivity index (χ1n) is 6.85. The van der Waals surface area contributed by atoms with Gasteiger partial charge in [0, 0.05) is 28.4 Å². The lowest BCUT2D eigenvalue weighted by Crippen LogP contribution is -1.96. The van der Waals surface area contributed by atoms with Gasteiger partial charge >= 0.3 is 0 Å². The third kappa shape index (κ3) is 3.48. The SMILES string of the molecule is CSc1ccc(Nc2ccc(-c3cccc(F)c3F)cn2)nc1. The van der Waals surface area contributed by atoms with Crippen LogP contribution in [0.3, 0.4) is 0 Å². The van der Waals surface area contributed by atoms with E-state index in [1.807, 2.05) is 18.4 Å². The summed E-state index contributed by atoms with van der Waals surface area (Å²) in [6, 6.07) is 11.3. The zero-order valence-corrected chi connectivity index (χ0v) is 13.1. The lowest BCUT2D eigenvalue weighted by atomic mass is 10.1. The van der Waals surface area contributed by atoms with Crippen molar-refractivity contribution in [3.63, 3.8) is 0 Å². The molecule has 3 nitrogen and oxygen atoms in total. The van der Waals surface area contributed by atoms with Gasteiger partial charge in [-0.2, -0.15) is 0 Å². The zero-order chi connectivity index (χ0) is 16.2. The van der Waals surface area contributed by atoms with Gasteiger partial charge in [0.05, 0.1) is 0 Å². The Balaban J connectivity index is 1.80. The molecule has 1 aromatic carbocycles. The van der Waals surface area contributed by atoms with E-state index in [9.17, 15) is 8.78 Å². The number of aromatic nitrogens is 2. The molecule has 0 radical (unpaired) electrons. The van der Waals surface area contributed by atoms with Gasteiger partial charge in [0.1, 0.15) is 11.6 Å². The van der Waals surface area contributed by atoms with Crippen molar-refractivity contribution in [3.8, 4) is 11.1 Å². The summed E-state index contributed by atoms with van der Waals surface area (Å²) in [5, 5.41) is 3.06. The average molecular weight is 329 g/mol. The molecule has 0 aliphatic rings. The lowest BCUT2D eigenvalue weighted by Gasteiger charge is -2.07. The highest BCUT2D eigenvalue weighted by Gasteiger charge is 2.10. The monoisotopic (exact) mass is 329 g/mol. The molecule has 0 spiro atoms. The molecule has 2 heterocycles. The molecule has 0 amide bonds. The number of pyridine rings is 2. The van der Waals surface area contributed by atoms with Gasteiger partial charge in [-0.1, -0.05) is 12.1 Å². The molecule has 0 bridgehead atoms. The molecule has 2 aromatic heterocycles. The van der Waals surface area contributed by atoms with Crippen LogP contribution in [0.15, 0.2) is 59.8 Å². The summed E-state index contributed by atoms with van der Waals surface area (Å²) < 4.78 is 27.1. The average Bonchev–Trinajstić information content (AvgIpc) is 2.59. The minimum atomic E-state index is -0.872. The Bertz CT molecular complexity index is 805. The molecule has 0 aliphatic carbocycles. The lowest BCUT2D eigenvalue weighted by molar-refractivity contribution is 0.511. The van der Waals surface area contributed by atoms with Gasteiger partial charge in [-0.3, -0.25) is 0 Å². The Morgan fingerprint density at radius 1 is 0.913 bits per heavy atom. The molecule has 0 atom stereocenters. The standard InChI is InChI=1S/C17H13F2N3S/c1-23-12-6-8-16(21-10-12)22-15-7-5-11(9-20-15)13-3-2-4-14(18)17(13)19/h2-10H,1H3,(H,20,21,22). The fraction of sp³-hybridized carbons (Fsp3) is 0.0588. The van der Waals surface area contributed by atoms with E-state index in [1.54, 1.807) is 30.1 Å². The van der Waals surface area contributed by atoms with Crippen LogP contribution in [0.4, 0.5) is 20.4 Å². The Labute approximate surface area is 136 Å². The van der Waals surface area contributed by atoms with Crippen LogP contribution in [0, 0.1) is 11.6 Å². The molecule has 0 saturated heterocycles. The van der Waals surface area contributed by atoms with Gasteiger partial charge in [0.2, 0.25) is 0 Å². The van der Waals surface area contributed by atoms with Crippen LogP contribution in [-0.4, -0.2) is 16.2 Å². The van der Waals surface area contributed by atoms with Crippen LogP contribution < -0.4 is 5.32 Å². The second-order valence-electron chi connectivity index (χ2n) is 4.74. The summed E-state index contributed by atoms with van der Waals surface area (Å²) in [5.74, 6) is -0.498. The molecule has 0 fully saturated rings. The van der Waals surface area contributed by atoms with E-state index < -0.39 is 11.6 Å². The minimum Gasteiger partial charge on any atom is -0.325 e. The number of rotatable bonds is 4. The largest absolute Gasteiger partial charge is 0.325 e. The van der Waals surface area contributed by atoms with E-state index in [0.29, 0.717) is 17.2 Å². The number of anilines is 2. The van der Waals surface area contributed by atoms with Crippen LogP contribution in [0.1, 0.15) is 0 Å². The number of benzene rings is 1. The molecule has 0 aliphatic heterocycles. The third-order valence-corrected chi connectivity index (χ3v) is 3.97. The summed E-state index contributed by atoms with van der Waals surface area (Å²) in [4.78, 5) is 9.56. The van der Waals surface area contributed by atoms with E-state index in [2.05, 4.69) is 15.3 Å². The summed E-state index contributed by atoms with van der Waals surface area (Å²) >= 11 is 1.61. The van der Waals surface area contributed by atoms with Crippen molar-refractivity contribution in [1.29, 1.82) is 0 Å². The van der Waals surface area contributed by atoms with Crippen molar-refractivity contribution in [3.05, 3.63) is 66.5 Å². The molecule has 23 heavy (non-hydrogen) atoms. The summed E-state index contributed by atoms with van der Waals surface area (Å²) in [7, 11) is 0. The topological polar surface area (TPSA) is 37.8 Å². The maximum Gasteiger partial charge on any atom is 0.166 e. The first kappa shape index (κ1) is 15.4. The van der Waals surface area contributed by atoms with Gasteiger partial charge in [-0.25, -0.2) is 18.7 Å². The number of nitrogens with zero attached hydrogens (tertiary/aromatic N) is 2. The van der Waals surface area contributed by atoms with Crippen molar-refractivity contribution in [2.45, 2.75) is 4.90 Å². The molecule has 6 heteroatoms. The second kappa shape index (κ2) is 6.75. The second-order valence-corrected chi connectivity index (χ2v) is 5.62. The molecular weight excluding hydrogens is 316 g/mol. The first-order chi connectivity index (χ1) is 11.2. The fourth-order valence-corrected chi connectivity index (χ4v) is 2.42. The minimum absolute atomic E-state index is 0.187. The van der Waals surface area contributed by atoms with Crippen LogP contribution in [-0.2, 0) is 0 Å². The van der Waals surface area contributed by atoms with E-state index in [1.165, 1.54) is 18.3 Å². The summed E-state index contributed by atoms with van der Waals surface area (Å²) in [5.41, 5.74) is 0.699. The Morgan fingerprint density at radius 2 is 1.65 bits per heavy atom. The van der Waals surface area contributed by atoms with Crippen LogP contribution in [0.2, 0.25) is 0 Å². The Kier molecular flexibility index (Phi) is 4.52. The van der Waals surface area contributed by atoms with Crippen molar-refractivity contribution in [2.75, 3.05) is 11.6 Å². The highest BCUT2D eigenvalue weighted by atomic mass is 32.2. The van der Waals surface area contributed by atoms with Crippen LogP contribution in [0.5, 0.6) is 0 Å². The number of halogens is 2. The van der Waals surface area contributed by atoms with Crippen LogP contribution in [0.25, 0.3) is 11.1 Å². The number of hydrogen-bond donors (Lipinski definition) is 1. The maximum atomic E-state index is 13.8. The Morgan fingerprint density at radius 3 is 2.26 bits per heavy atom. The smallest absolute Gasteiger partial charge is 0.166 e. The van der Waals surface area contributed by atoms with Crippen molar-refractivity contribution in [1.82, 2.24) is 9.97 Å². The molecule has 0 unspecified atom stereocenters. The first-order valence-corrected chi connectivity index (χ1v) is 8.07. The normalized spacial score (nSPS) is 10.6.